The second kappa shape index (κ2) is 6.16. The van der Waals surface area contributed by atoms with Gasteiger partial charge in [0.2, 0.25) is 0 Å². The highest BCUT2D eigenvalue weighted by molar-refractivity contribution is 5.50. The lowest BCUT2D eigenvalue weighted by molar-refractivity contribution is -0.384. The molecule has 2 aromatic rings. The maximum atomic E-state index is 10.6. The lowest BCUT2D eigenvalue weighted by Gasteiger charge is -2.14. The molecule has 5 nitrogen and oxygen atoms in total. The molecule has 0 amide bonds. The van der Waals surface area contributed by atoms with Gasteiger partial charge >= 0.3 is 0 Å². The molecule has 0 aliphatic heterocycles. The standard InChI is InChI=1S/C15H16N2O3/c1-11-4-2-3-5-14(11)16-10-15(18)12-6-8-13(9-7-12)17(19)20/h2-9,15-16,18H,10H2,1H3. The highest BCUT2D eigenvalue weighted by Gasteiger charge is 2.10. The molecule has 1 atom stereocenters. The molecular weight excluding hydrogens is 256 g/mol. The molecule has 1 unspecified atom stereocenters. The first-order valence-electron chi connectivity index (χ1n) is 6.30. The van der Waals surface area contributed by atoms with Crippen LogP contribution >= 0.6 is 0 Å². The molecule has 0 spiro atoms. The van der Waals surface area contributed by atoms with Crippen LogP contribution in [0.15, 0.2) is 48.5 Å². The van der Waals surface area contributed by atoms with Gasteiger partial charge in [0.1, 0.15) is 0 Å². The van der Waals surface area contributed by atoms with Gasteiger partial charge in [-0.25, -0.2) is 0 Å². The number of nitrogens with one attached hydrogen (secondary N) is 1. The first-order valence-corrected chi connectivity index (χ1v) is 6.30. The quantitative estimate of drug-likeness (QED) is 0.648. The van der Waals surface area contributed by atoms with Crippen molar-refractivity contribution in [1.82, 2.24) is 0 Å². The second-order valence-electron chi connectivity index (χ2n) is 4.56. The summed E-state index contributed by atoms with van der Waals surface area (Å²) in [5.41, 5.74) is 2.74. The number of nitro groups is 1. The lowest BCUT2D eigenvalue weighted by Crippen LogP contribution is -2.12. The van der Waals surface area contributed by atoms with Crippen molar-refractivity contribution in [3.05, 3.63) is 69.8 Å². The summed E-state index contributed by atoms with van der Waals surface area (Å²) in [5, 5.41) is 23.8. The summed E-state index contributed by atoms with van der Waals surface area (Å²) in [7, 11) is 0. The van der Waals surface area contributed by atoms with E-state index in [-0.39, 0.29) is 5.69 Å². The van der Waals surface area contributed by atoms with Crippen LogP contribution in [-0.2, 0) is 0 Å². The molecule has 20 heavy (non-hydrogen) atoms. The zero-order valence-corrected chi connectivity index (χ0v) is 11.1. The van der Waals surface area contributed by atoms with Crippen molar-refractivity contribution < 1.29 is 10.0 Å². The van der Waals surface area contributed by atoms with Gasteiger partial charge in [-0.15, -0.1) is 0 Å². The van der Waals surface area contributed by atoms with Crippen molar-refractivity contribution >= 4 is 11.4 Å². The van der Waals surface area contributed by atoms with E-state index in [4.69, 9.17) is 0 Å². The van der Waals surface area contributed by atoms with Crippen LogP contribution in [0.3, 0.4) is 0 Å². The van der Waals surface area contributed by atoms with E-state index >= 15 is 0 Å². The van der Waals surface area contributed by atoms with Gasteiger partial charge in [0.15, 0.2) is 0 Å². The summed E-state index contributed by atoms with van der Waals surface area (Å²) in [6, 6.07) is 13.7. The van der Waals surface area contributed by atoms with Gasteiger partial charge in [-0.1, -0.05) is 18.2 Å². The lowest BCUT2D eigenvalue weighted by atomic mass is 10.1. The number of aryl methyl sites for hydroxylation is 1. The number of aliphatic hydroxyl groups is 1. The maximum absolute atomic E-state index is 10.6. The summed E-state index contributed by atoms with van der Waals surface area (Å²) in [6.07, 6.45) is -0.713. The molecule has 2 N–H and O–H groups in total. The molecule has 5 heteroatoms. The van der Waals surface area contributed by atoms with E-state index in [0.717, 1.165) is 11.3 Å². The Hall–Kier alpha value is -2.40. The van der Waals surface area contributed by atoms with E-state index < -0.39 is 11.0 Å². The molecule has 0 heterocycles. The number of hydrogen-bond donors (Lipinski definition) is 2. The zero-order valence-electron chi connectivity index (χ0n) is 11.1. The summed E-state index contributed by atoms with van der Waals surface area (Å²) in [5.74, 6) is 0. The average Bonchev–Trinajstić information content (AvgIpc) is 2.46. The van der Waals surface area contributed by atoms with Crippen molar-refractivity contribution in [1.29, 1.82) is 0 Å². The highest BCUT2D eigenvalue weighted by atomic mass is 16.6. The van der Waals surface area contributed by atoms with Gasteiger partial charge in [-0.2, -0.15) is 0 Å². The van der Waals surface area contributed by atoms with Crippen LogP contribution in [-0.4, -0.2) is 16.6 Å². The maximum Gasteiger partial charge on any atom is 0.269 e. The van der Waals surface area contributed by atoms with Crippen LogP contribution in [0.2, 0.25) is 0 Å². The van der Waals surface area contributed by atoms with E-state index in [0.29, 0.717) is 12.1 Å². The van der Waals surface area contributed by atoms with Crippen molar-refractivity contribution in [2.45, 2.75) is 13.0 Å². The van der Waals surface area contributed by atoms with Crippen molar-refractivity contribution in [3.63, 3.8) is 0 Å². The average molecular weight is 272 g/mol. The summed E-state index contributed by atoms with van der Waals surface area (Å²) < 4.78 is 0. The fourth-order valence-electron chi connectivity index (χ4n) is 1.91. The third-order valence-corrected chi connectivity index (χ3v) is 3.12. The van der Waals surface area contributed by atoms with Crippen LogP contribution in [0.25, 0.3) is 0 Å². The molecule has 0 aliphatic carbocycles. The molecule has 0 saturated heterocycles. The first-order chi connectivity index (χ1) is 9.58. The van der Waals surface area contributed by atoms with Gasteiger partial charge in [-0.3, -0.25) is 10.1 Å². The Morgan fingerprint density at radius 2 is 1.85 bits per heavy atom. The van der Waals surface area contributed by atoms with Crippen molar-refractivity contribution in [2.24, 2.45) is 0 Å². The van der Waals surface area contributed by atoms with E-state index in [1.54, 1.807) is 12.1 Å². The third-order valence-electron chi connectivity index (χ3n) is 3.12. The van der Waals surface area contributed by atoms with Crippen LogP contribution in [0, 0.1) is 17.0 Å². The van der Waals surface area contributed by atoms with Gasteiger partial charge in [-0.05, 0) is 36.2 Å². The van der Waals surface area contributed by atoms with E-state index in [1.165, 1.54) is 12.1 Å². The number of nitro benzene ring substituents is 1. The molecule has 2 aromatic carbocycles. The van der Waals surface area contributed by atoms with Gasteiger partial charge in [0.05, 0.1) is 11.0 Å². The number of rotatable bonds is 5. The smallest absolute Gasteiger partial charge is 0.269 e. The highest BCUT2D eigenvalue weighted by Crippen LogP contribution is 2.19. The number of nitrogens with zero attached hydrogens (tertiary/aromatic N) is 1. The number of para-hydroxylation sites is 1. The molecule has 0 radical (unpaired) electrons. The number of aliphatic hydroxyl groups excluding tert-OH is 1. The normalized spacial score (nSPS) is 11.9. The van der Waals surface area contributed by atoms with Crippen molar-refractivity contribution in [2.75, 3.05) is 11.9 Å². The molecule has 0 aliphatic rings. The minimum absolute atomic E-state index is 0.0211. The molecule has 0 bridgehead atoms. The van der Waals surface area contributed by atoms with Crippen LogP contribution in [0.1, 0.15) is 17.2 Å². The molecule has 0 saturated carbocycles. The topological polar surface area (TPSA) is 75.4 Å². The number of anilines is 1. The second-order valence-corrected chi connectivity index (χ2v) is 4.56. The summed E-state index contributed by atoms with van der Waals surface area (Å²) in [4.78, 5) is 10.1. The Bertz CT molecular complexity index is 596. The largest absolute Gasteiger partial charge is 0.387 e. The van der Waals surface area contributed by atoms with Crippen molar-refractivity contribution in [3.8, 4) is 0 Å². The van der Waals surface area contributed by atoms with Crippen LogP contribution in [0.5, 0.6) is 0 Å². The fourth-order valence-corrected chi connectivity index (χ4v) is 1.91. The van der Waals surface area contributed by atoms with E-state index in [2.05, 4.69) is 5.32 Å². The number of non-ortho nitro benzene ring substituents is 1. The molecule has 104 valence electrons. The molecule has 0 fully saturated rings. The Balaban J connectivity index is 2.00. The Morgan fingerprint density at radius 1 is 1.20 bits per heavy atom. The minimum atomic E-state index is -0.713. The fraction of sp³-hybridized carbons (Fsp3) is 0.200. The number of benzene rings is 2. The Labute approximate surface area is 117 Å². The summed E-state index contributed by atoms with van der Waals surface area (Å²) >= 11 is 0. The SMILES string of the molecule is Cc1ccccc1NCC(O)c1ccc([N+](=O)[O-])cc1. The van der Waals surface area contributed by atoms with Gasteiger partial charge < -0.3 is 10.4 Å². The van der Waals surface area contributed by atoms with Crippen LogP contribution < -0.4 is 5.32 Å². The Kier molecular flexibility index (Phi) is 4.32. The predicted octanol–water partition coefficient (Wildman–Crippen LogP) is 3.05. The van der Waals surface area contributed by atoms with Crippen LogP contribution in [0.4, 0.5) is 11.4 Å². The molecule has 2 rings (SSSR count). The molecule has 0 aromatic heterocycles. The first kappa shape index (κ1) is 14.0. The number of hydrogen-bond acceptors (Lipinski definition) is 4. The molecular formula is C15H16N2O3. The third kappa shape index (κ3) is 3.33. The zero-order chi connectivity index (χ0) is 14.5. The Morgan fingerprint density at radius 3 is 2.45 bits per heavy atom. The summed E-state index contributed by atoms with van der Waals surface area (Å²) in [6.45, 7) is 2.34. The predicted molar refractivity (Wildman–Crippen MR) is 77.7 cm³/mol. The van der Waals surface area contributed by atoms with E-state index in [1.807, 2.05) is 31.2 Å². The van der Waals surface area contributed by atoms with Gasteiger partial charge in [0, 0.05) is 24.4 Å². The van der Waals surface area contributed by atoms with E-state index in [9.17, 15) is 15.2 Å². The monoisotopic (exact) mass is 272 g/mol. The minimum Gasteiger partial charge on any atom is -0.387 e. The van der Waals surface area contributed by atoms with Gasteiger partial charge in [0.25, 0.3) is 5.69 Å².